The van der Waals surface area contributed by atoms with Gasteiger partial charge < -0.3 is 4.90 Å². The largest absolute Gasteiger partial charge is 0.338 e. The number of rotatable bonds is 4. The lowest BCUT2D eigenvalue weighted by molar-refractivity contribution is 0.0420. The number of aryl methyl sites for hydroxylation is 1. The molecule has 1 aliphatic carbocycles. The molecular weight excluding hydrogens is 417 g/mol. The number of carbonyl (C=O) groups excluding carboxylic acids is 1. The fourth-order valence-corrected chi connectivity index (χ4v) is 4.91. The Morgan fingerprint density at radius 1 is 1.21 bits per heavy atom. The third-order valence-electron chi connectivity index (χ3n) is 7.06. The minimum Gasteiger partial charge on any atom is -0.338 e. The van der Waals surface area contributed by atoms with Crippen molar-refractivity contribution < 1.29 is 9.18 Å². The Kier molecular flexibility index (Phi) is 5.45. The second kappa shape index (κ2) is 8.43. The lowest BCUT2D eigenvalue weighted by atomic mass is 9.77. The molecule has 1 aliphatic heterocycles. The first-order valence-corrected chi connectivity index (χ1v) is 11.5. The van der Waals surface area contributed by atoms with Gasteiger partial charge in [0, 0.05) is 42.6 Å². The first-order valence-electron chi connectivity index (χ1n) is 11.5. The third-order valence-corrected chi connectivity index (χ3v) is 7.06. The number of aromatic amines is 1. The molecule has 2 heterocycles. The van der Waals surface area contributed by atoms with Crippen LogP contribution < -0.4 is 0 Å². The van der Waals surface area contributed by atoms with Crippen LogP contribution in [0.2, 0.25) is 0 Å². The Morgan fingerprint density at radius 2 is 1.97 bits per heavy atom. The molecule has 0 atom stereocenters. The number of piperidine rings is 1. The van der Waals surface area contributed by atoms with E-state index in [0.717, 1.165) is 24.2 Å². The van der Waals surface area contributed by atoms with Crippen molar-refractivity contribution in [2.45, 2.75) is 50.6 Å². The third kappa shape index (κ3) is 3.91. The Balaban J connectivity index is 1.38. The van der Waals surface area contributed by atoms with Crippen molar-refractivity contribution in [3.8, 4) is 17.5 Å². The molecule has 1 saturated carbocycles. The van der Waals surface area contributed by atoms with Crippen LogP contribution in [0.4, 0.5) is 4.39 Å². The number of carbonyl (C=O) groups is 1. The first kappa shape index (κ1) is 21.3. The van der Waals surface area contributed by atoms with Crippen molar-refractivity contribution >= 4 is 5.91 Å². The average molecular weight is 444 g/mol. The van der Waals surface area contributed by atoms with Gasteiger partial charge >= 0.3 is 0 Å². The quantitative estimate of drug-likeness (QED) is 0.613. The molecule has 5 rings (SSSR count). The summed E-state index contributed by atoms with van der Waals surface area (Å²) >= 11 is 0. The van der Waals surface area contributed by atoms with E-state index in [-0.39, 0.29) is 18.7 Å². The zero-order valence-electron chi connectivity index (χ0n) is 18.6. The summed E-state index contributed by atoms with van der Waals surface area (Å²) in [6.45, 7) is 2.46. The van der Waals surface area contributed by atoms with Crippen molar-refractivity contribution in [3.05, 3.63) is 70.5 Å². The second-order valence-corrected chi connectivity index (χ2v) is 9.09. The summed E-state index contributed by atoms with van der Waals surface area (Å²) in [6.07, 6.45) is 3.83. The highest BCUT2D eigenvalue weighted by molar-refractivity contribution is 5.95. The molecule has 6 nitrogen and oxygen atoms in total. The Labute approximate surface area is 192 Å². The van der Waals surface area contributed by atoms with Crippen LogP contribution in [0.1, 0.15) is 70.9 Å². The molecule has 0 spiro atoms. The molecule has 1 amide bonds. The molecule has 33 heavy (non-hydrogen) atoms. The number of hydrogen-bond acceptors (Lipinski definition) is 4. The van der Waals surface area contributed by atoms with Gasteiger partial charge in [-0.25, -0.2) is 9.37 Å². The summed E-state index contributed by atoms with van der Waals surface area (Å²) in [5, 5.41) is 16.6. The number of nitrogens with zero attached hydrogens (tertiary/aromatic N) is 4. The maximum atomic E-state index is 15.8. The predicted molar refractivity (Wildman–Crippen MR) is 122 cm³/mol. The Hall–Kier alpha value is -3.53. The SMILES string of the molecule is Cc1nc(-c2cc(C(=O)N3CCC(F)(c4ccccc4C#N)CC3)ccc2C2CCC2)n[nH]1. The predicted octanol–water partition coefficient (Wildman–Crippen LogP) is 5.02. The van der Waals surface area contributed by atoms with Crippen molar-refractivity contribution in [1.82, 2.24) is 20.1 Å². The summed E-state index contributed by atoms with van der Waals surface area (Å²) in [5.74, 6) is 1.71. The number of nitriles is 1. The molecule has 1 N–H and O–H groups in total. The second-order valence-electron chi connectivity index (χ2n) is 9.09. The minimum absolute atomic E-state index is 0.112. The number of amides is 1. The van der Waals surface area contributed by atoms with E-state index in [1.165, 1.54) is 12.0 Å². The van der Waals surface area contributed by atoms with E-state index in [1.54, 1.807) is 29.2 Å². The van der Waals surface area contributed by atoms with Crippen LogP contribution in [-0.4, -0.2) is 39.1 Å². The van der Waals surface area contributed by atoms with Crippen LogP contribution >= 0.6 is 0 Å². The molecule has 2 aromatic carbocycles. The molecule has 0 unspecified atom stereocenters. The molecule has 3 aromatic rings. The number of halogens is 1. The molecule has 0 bridgehead atoms. The van der Waals surface area contributed by atoms with E-state index in [0.29, 0.717) is 41.5 Å². The fourth-order valence-electron chi connectivity index (χ4n) is 4.91. The number of alkyl halides is 1. The normalized spacial score (nSPS) is 17.9. The van der Waals surface area contributed by atoms with Crippen LogP contribution in [0, 0.1) is 18.3 Å². The number of likely N-dealkylation sites (tertiary alicyclic amines) is 1. The van der Waals surface area contributed by atoms with Crippen molar-refractivity contribution in [1.29, 1.82) is 5.26 Å². The van der Waals surface area contributed by atoms with Crippen LogP contribution in [0.15, 0.2) is 42.5 Å². The fraction of sp³-hybridized carbons (Fsp3) is 0.385. The van der Waals surface area contributed by atoms with Gasteiger partial charge in [-0.2, -0.15) is 10.4 Å². The lowest BCUT2D eigenvalue weighted by Crippen LogP contribution is -2.43. The first-order chi connectivity index (χ1) is 16.0. The van der Waals surface area contributed by atoms with Crippen molar-refractivity contribution in [2.24, 2.45) is 0 Å². The summed E-state index contributed by atoms with van der Waals surface area (Å²) in [5.41, 5.74) is 1.84. The van der Waals surface area contributed by atoms with E-state index in [4.69, 9.17) is 0 Å². The number of H-pyrrole nitrogens is 1. The van der Waals surface area contributed by atoms with Gasteiger partial charge in [-0.3, -0.25) is 9.89 Å². The van der Waals surface area contributed by atoms with Crippen LogP contribution in [-0.2, 0) is 5.67 Å². The highest BCUT2D eigenvalue weighted by Gasteiger charge is 2.39. The summed E-state index contributed by atoms with van der Waals surface area (Å²) in [6, 6.07) is 14.7. The maximum Gasteiger partial charge on any atom is 0.253 e. The topological polar surface area (TPSA) is 85.7 Å². The van der Waals surface area contributed by atoms with Gasteiger partial charge in [0.05, 0.1) is 11.6 Å². The van der Waals surface area contributed by atoms with E-state index in [1.807, 2.05) is 25.1 Å². The van der Waals surface area contributed by atoms with Gasteiger partial charge in [-0.05, 0) is 49.4 Å². The maximum absolute atomic E-state index is 15.8. The zero-order chi connectivity index (χ0) is 23.0. The van der Waals surface area contributed by atoms with Crippen LogP contribution in [0.3, 0.4) is 0 Å². The van der Waals surface area contributed by atoms with Gasteiger partial charge in [0.25, 0.3) is 5.91 Å². The van der Waals surface area contributed by atoms with Gasteiger partial charge in [0.1, 0.15) is 11.5 Å². The zero-order valence-corrected chi connectivity index (χ0v) is 18.6. The summed E-state index contributed by atoms with van der Waals surface area (Å²) in [7, 11) is 0. The number of hydrogen-bond donors (Lipinski definition) is 1. The highest BCUT2D eigenvalue weighted by Crippen LogP contribution is 2.42. The molecule has 1 saturated heterocycles. The number of benzene rings is 2. The minimum atomic E-state index is -1.60. The molecule has 168 valence electrons. The molecule has 7 heteroatoms. The average Bonchev–Trinajstić information content (AvgIpc) is 3.24. The van der Waals surface area contributed by atoms with Gasteiger partial charge in [0.15, 0.2) is 5.82 Å². The lowest BCUT2D eigenvalue weighted by Gasteiger charge is -2.37. The molecule has 0 radical (unpaired) electrons. The Morgan fingerprint density at radius 3 is 2.61 bits per heavy atom. The van der Waals surface area contributed by atoms with Gasteiger partial charge in [-0.1, -0.05) is 30.7 Å². The smallest absolute Gasteiger partial charge is 0.253 e. The molecular formula is C26H26FN5O. The monoisotopic (exact) mass is 443 g/mol. The van der Waals surface area contributed by atoms with E-state index < -0.39 is 5.67 Å². The van der Waals surface area contributed by atoms with E-state index >= 15 is 4.39 Å². The van der Waals surface area contributed by atoms with Crippen LogP contribution in [0.25, 0.3) is 11.4 Å². The highest BCUT2D eigenvalue weighted by atomic mass is 19.1. The van der Waals surface area contributed by atoms with Gasteiger partial charge in [-0.15, -0.1) is 0 Å². The van der Waals surface area contributed by atoms with E-state index in [2.05, 4.69) is 21.3 Å². The molecule has 2 aliphatic rings. The van der Waals surface area contributed by atoms with Gasteiger partial charge in [0.2, 0.25) is 0 Å². The number of aromatic nitrogens is 3. The van der Waals surface area contributed by atoms with Crippen molar-refractivity contribution in [3.63, 3.8) is 0 Å². The van der Waals surface area contributed by atoms with Crippen LogP contribution in [0.5, 0.6) is 0 Å². The van der Waals surface area contributed by atoms with Crippen molar-refractivity contribution in [2.75, 3.05) is 13.1 Å². The Bertz CT molecular complexity index is 1230. The van der Waals surface area contributed by atoms with E-state index in [9.17, 15) is 10.1 Å². The standard InChI is InChI=1S/C26H26FN5O/c1-17-29-24(31-30-17)22-15-19(9-10-21(22)18-6-4-7-18)25(33)32-13-11-26(27,12-14-32)23-8-3-2-5-20(23)16-28/h2-3,5,8-10,15,18H,4,6-7,11-14H2,1H3,(H,29,30,31). The molecule has 1 aromatic heterocycles. The summed E-state index contributed by atoms with van der Waals surface area (Å²) < 4.78 is 15.8. The number of nitrogens with one attached hydrogen (secondary N) is 1. The molecule has 2 fully saturated rings. The summed E-state index contributed by atoms with van der Waals surface area (Å²) in [4.78, 5) is 19.5.